The minimum absolute atomic E-state index is 0.0209. The van der Waals surface area contributed by atoms with Gasteiger partial charge in [-0.1, -0.05) is 11.6 Å². The van der Waals surface area contributed by atoms with Crippen LogP contribution in [0.4, 0.5) is 8.78 Å². The Morgan fingerprint density at radius 3 is 2.43 bits per heavy atom. The molecule has 1 aromatic rings. The van der Waals surface area contributed by atoms with Gasteiger partial charge in [0.2, 0.25) is 5.78 Å². The zero-order valence-corrected chi connectivity index (χ0v) is 12.2. The van der Waals surface area contributed by atoms with Crippen molar-refractivity contribution in [2.24, 2.45) is 0 Å². The quantitative estimate of drug-likeness (QED) is 0.154. The lowest BCUT2D eigenvalue weighted by molar-refractivity contribution is -0.138. The molecule has 0 aliphatic heterocycles. The van der Waals surface area contributed by atoms with Crippen LogP contribution in [0.15, 0.2) is 24.0 Å². The van der Waals surface area contributed by atoms with E-state index in [1.165, 1.54) is 0 Å². The van der Waals surface area contributed by atoms with E-state index in [1.54, 1.807) is 13.8 Å². The lowest BCUT2D eigenvalue weighted by Gasteiger charge is -2.08. The fourth-order valence-corrected chi connectivity index (χ4v) is 1.56. The lowest BCUT2D eigenvalue weighted by Crippen LogP contribution is -2.18. The molecule has 114 valence electrons. The summed E-state index contributed by atoms with van der Waals surface area (Å²) in [6.07, 6.45) is 0.867. The maximum Gasteiger partial charge on any atom is 0.345 e. The topological polar surface area (TPSA) is 52.6 Å². The van der Waals surface area contributed by atoms with Gasteiger partial charge in [0.1, 0.15) is 23.5 Å². The van der Waals surface area contributed by atoms with Gasteiger partial charge in [0.25, 0.3) is 0 Å². The van der Waals surface area contributed by atoms with Crippen LogP contribution in [0.5, 0.6) is 0 Å². The first-order valence-electron chi connectivity index (χ1n) is 6.10. The predicted octanol–water partition coefficient (Wildman–Crippen LogP) is 3.28. The summed E-state index contributed by atoms with van der Waals surface area (Å²) in [5.41, 5.74) is -1.16. The molecular weight excluding hydrogens is 306 g/mol. The SMILES string of the molecule is CCOC=C(C(=O)OCC)C(=O)c1cc(F)c(Cl)cc1F. The van der Waals surface area contributed by atoms with Crippen LogP contribution in [0, 0.1) is 11.6 Å². The molecule has 0 heterocycles. The van der Waals surface area contributed by atoms with E-state index >= 15 is 0 Å². The van der Waals surface area contributed by atoms with Gasteiger partial charge in [-0.3, -0.25) is 4.79 Å². The number of Topliss-reactive ketones (excluding diaryl/α,β-unsaturated/α-hetero) is 1. The van der Waals surface area contributed by atoms with E-state index < -0.39 is 39.5 Å². The number of carbonyl (C=O) groups excluding carboxylic acids is 2. The predicted molar refractivity (Wildman–Crippen MR) is 72.0 cm³/mol. The third-order valence-corrected chi connectivity index (χ3v) is 2.65. The summed E-state index contributed by atoms with van der Waals surface area (Å²) < 4.78 is 36.6. The van der Waals surface area contributed by atoms with Crippen LogP contribution in [0.2, 0.25) is 5.02 Å². The Kier molecular flexibility index (Phi) is 6.30. The van der Waals surface area contributed by atoms with Crippen molar-refractivity contribution in [3.05, 3.63) is 46.2 Å². The van der Waals surface area contributed by atoms with Gasteiger partial charge in [-0.2, -0.15) is 0 Å². The molecule has 1 rings (SSSR count). The van der Waals surface area contributed by atoms with Crippen molar-refractivity contribution in [2.75, 3.05) is 13.2 Å². The number of ether oxygens (including phenoxy) is 2. The van der Waals surface area contributed by atoms with Crippen LogP contribution in [0.3, 0.4) is 0 Å². The van der Waals surface area contributed by atoms with Crippen LogP contribution >= 0.6 is 11.6 Å². The molecule has 0 aromatic heterocycles. The first-order chi connectivity index (χ1) is 9.92. The fraction of sp³-hybridized carbons (Fsp3) is 0.286. The molecule has 0 aliphatic rings. The standard InChI is InChI=1S/C14H13ClF2O4/c1-3-20-7-9(14(19)21-4-2)13(18)8-5-12(17)10(15)6-11(8)16/h5-7H,3-4H2,1-2H3. The van der Waals surface area contributed by atoms with Gasteiger partial charge in [-0.05, 0) is 26.0 Å². The smallest absolute Gasteiger partial charge is 0.345 e. The van der Waals surface area contributed by atoms with Crippen molar-refractivity contribution >= 4 is 23.4 Å². The van der Waals surface area contributed by atoms with Crippen LogP contribution in [0.1, 0.15) is 24.2 Å². The first kappa shape index (κ1) is 17.1. The zero-order valence-electron chi connectivity index (χ0n) is 11.4. The van der Waals surface area contributed by atoms with E-state index in [0.717, 1.165) is 6.26 Å². The maximum atomic E-state index is 13.7. The summed E-state index contributed by atoms with van der Waals surface area (Å²) in [4.78, 5) is 23.8. The van der Waals surface area contributed by atoms with Crippen molar-refractivity contribution in [2.45, 2.75) is 13.8 Å². The van der Waals surface area contributed by atoms with Gasteiger partial charge in [0, 0.05) is 0 Å². The van der Waals surface area contributed by atoms with E-state index in [2.05, 4.69) is 4.74 Å². The molecule has 7 heteroatoms. The molecule has 0 saturated carbocycles. The Balaban J connectivity index is 3.23. The van der Waals surface area contributed by atoms with Gasteiger partial charge in [-0.25, -0.2) is 13.6 Å². The highest BCUT2D eigenvalue weighted by Gasteiger charge is 2.25. The van der Waals surface area contributed by atoms with E-state index in [9.17, 15) is 18.4 Å². The number of rotatable bonds is 6. The highest BCUT2D eigenvalue weighted by atomic mass is 35.5. The van der Waals surface area contributed by atoms with Crippen molar-refractivity contribution in [1.29, 1.82) is 0 Å². The average molecular weight is 319 g/mol. The number of benzene rings is 1. The number of hydrogen-bond donors (Lipinski definition) is 0. The summed E-state index contributed by atoms with van der Waals surface area (Å²) in [7, 11) is 0. The summed E-state index contributed by atoms with van der Waals surface area (Å²) in [5.74, 6) is -4.04. The second-order valence-electron chi connectivity index (χ2n) is 3.78. The van der Waals surface area contributed by atoms with E-state index in [1.807, 2.05) is 0 Å². The molecule has 0 amide bonds. The summed E-state index contributed by atoms with van der Waals surface area (Å²) >= 11 is 5.41. The lowest BCUT2D eigenvalue weighted by atomic mass is 10.0. The summed E-state index contributed by atoms with van der Waals surface area (Å²) in [5, 5.41) is -0.462. The minimum Gasteiger partial charge on any atom is -0.500 e. The second kappa shape index (κ2) is 7.73. The highest BCUT2D eigenvalue weighted by molar-refractivity contribution is 6.31. The van der Waals surface area contributed by atoms with Gasteiger partial charge in [0.15, 0.2) is 0 Å². The fourth-order valence-electron chi connectivity index (χ4n) is 1.41. The molecule has 0 unspecified atom stereocenters. The van der Waals surface area contributed by atoms with Crippen molar-refractivity contribution in [3.8, 4) is 0 Å². The third kappa shape index (κ3) is 4.26. The van der Waals surface area contributed by atoms with Gasteiger partial charge in [-0.15, -0.1) is 0 Å². The Hall–Kier alpha value is -1.95. The van der Waals surface area contributed by atoms with Crippen molar-refractivity contribution in [1.82, 2.24) is 0 Å². The Labute approximate surface area is 125 Å². The van der Waals surface area contributed by atoms with E-state index in [4.69, 9.17) is 16.3 Å². The molecule has 0 spiro atoms. The van der Waals surface area contributed by atoms with Gasteiger partial charge >= 0.3 is 5.97 Å². The normalized spacial score (nSPS) is 11.2. The zero-order chi connectivity index (χ0) is 16.0. The molecule has 0 aliphatic carbocycles. The Morgan fingerprint density at radius 2 is 1.86 bits per heavy atom. The number of esters is 1. The Morgan fingerprint density at radius 1 is 1.19 bits per heavy atom. The molecule has 0 bridgehead atoms. The van der Waals surface area contributed by atoms with Gasteiger partial charge < -0.3 is 9.47 Å². The third-order valence-electron chi connectivity index (χ3n) is 2.36. The van der Waals surface area contributed by atoms with Crippen molar-refractivity contribution in [3.63, 3.8) is 0 Å². The number of hydrogen-bond acceptors (Lipinski definition) is 4. The van der Waals surface area contributed by atoms with Crippen LogP contribution in [0.25, 0.3) is 0 Å². The van der Waals surface area contributed by atoms with E-state index in [-0.39, 0.29) is 13.2 Å². The molecule has 0 radical (unpaired) electrons. The largest absolute Gasteiger partial charge is 0.500 e. The van der Waals surface area contributed by atoms with Crippen LogP contribution < -0.4 is 0 Å². The van der Waals surface area contributed by atoms with Crippen LogP contribution in [-0.2, 0) is 14.3 Å². The molecule has 1 aromatic carbocycles. The second-order valence-corrected chi connectivity index (χ2v) is 4.19. The maximum absolute atomic E-state index is 13.7. The molecule has 0 atom stereocenters. The molecule has 0 N–H and O–H groups in total. The summed E-state index contributed by atoms with van der Waals surface area (Å²) in [6.45, 7) is 3.39. The minimum atomic E-state index is -1.05. The highest BCUT2D eigenvalue weighted by Crippen LogP contribution is 2.22. The van der Waals surface area contributed by atoms with Crippen molar-refractivity contribution < 1.29 is 27.8 Å². The summed E-state index contributed by atoms with van der Waals surface area (Å²) in [6, 6.07) is 1.28. The molecule has 4 nitrogen and oxygen atoms in total. The molecule has 0 saturated heterocycles. The number of carbonyl (C=O) groups is 2. The molecular formula is C14H13ClF2O4. The van der Waals surface area contributed by atoms with Gasteiger partial charge in [0.05, 0.1) is 23.8 Å². The van der Waals surface area contributed by atoms with Crippen LogP contribution in [-0.4, -0.2) is 25.0 Å². The number of halogens is 3. The number of ketones is 1. The van der Waals surface area contributed by atoms with E-state index in [0.29, 0.717) is 12.1 Å². The Bertz CT molecular complexity index is 585. The molecule has 21 heavy (non-hydrogen) atoms. The molecule has 0 fully saturated rings. The first-order valence-corrected chi connectivity index (χ1v) is 6.48. The average Bonchev–Trinajstić information content (AvgIpc) is 2.43. The monoisotopic (exact) mass is 318 g/mol.